The maximum atomic E-state index is 10.5. The minimum Gasteiger partial charge on any atom is -0.497 e. The highest BCUT2D eigenvalue weighted by Crippen LogP contribution is 2.34. The molecule has 1 aromatic carbocycles. The monoisotopic (exact) mass is 278 g/mol. The summed E-state index contributed by atoms with van der Waals surface area (Å²) < 4.78 is 16.7. The van der Waals surface area contributed by atoms with E-state index in [2.05, 4.69) is 0 Å². The highest BCUT2D eigenvalue weighted by Gasteiger charge is 2.30. The Kier molecular flexibility index (Phi) is 4.24. The number of hydrogen-bond donors (Lipinski definition) is 1. The number of aliphatic hydroxyl groups excluding tert-OH is 1. The summed E-state index contributed by atoms with van der Waals surface area (Å²) >= 11 is 0. The smallest absolute Gasteiger partial charge is 0.119 e. The van der Waals surface area contributed by atoms with Crippen LogP contribution in [0.15, 0.2) is 18.2 Å². The van der Waals surface area contributed by atoms with Gasteiger partial charge in [0.1, 0.15) is 11.9 Å². The van der Waals surface area contributed by atoms with Gasteiger partial charge in [0.15, 0.2) is 0 Å². The van der Waals surface area contributed by atoms with Crippen LogP contribution in [0.2, 0.25) is 0 Å². The number of aryl methyl sites for hydroxylation is 1. The van der Waals surface area contributed by atoms with E-state index in [0.717, 1.165) is 43.6 Å². The number of ether oxygens (including phenoxy) is 3. The van der Waals surface area contributed by atoms with Gasteiger partial charge in [0, 0.05) is 6.61 Å². The Morgan fingerprint density at radius 3 is 3.00 bits per heavy atom. The van der Waals surface area contributed by atoms with Crippen LogP contribution in [0, 0.1) is 0 Å². The average molecular weight is 278 g/mol. The van der Waals surface area contributed by atoms with Gasteiger partial charge in [0.05, 0.1) is 25.9 Å². The van der Waals surface area contributed by atoms with E-state index < -0.39 is 6.10 Å². The molecule has 1 aliphatic carbocycles. The van der Waals surface area contributed by atoms with E-state index in [4.69, 9.17) is 14.2 Å². The standard InChI is InChI=1S/C16H22O4/c1-18-12-6-4-11-5-7-15(16(17)14(11)9-12)20-10-13-3-2-8-19-13/h4,6,9,13,15-17H,2-3,5,7-8,10H2,1H3. The SMILES string of the molecule is COc1ccc2c(c1)C(O)C(OCC1CCCO1)CC2. The molecule has 0 spiro atoms. The quantitative estimate of drug-likeness (QED) is 0.917. The Hall–Kier alpha value is -1.10. The van der Waals surface area contributed by atoms with Crippen molar-refractivity contribution in [3.8, 4) is 5.75 Å². The Bertz CT molecular complexity index is 454. The molecule has 0 saturated carbocycles. The predicted octanol–water partition coefficient (Wildman–Crippen LogP) is 2.24. The van der Waals surface area contributed by atoms with Crippen molar-refractivity contribution < 1.29 is 19.3 Å². The molecule has 2 aliphatic rings. The summed E-state index contributed by atoms with van der Waals surface area (Å²) in [6.45, 7) is 1.42. The number of methoxy groups -OCH3 is 1. The summed E-state index contributed by atoms with van der Waals surface area (Å²) in [5, 5.41) is 10.5. The molecule has 4 nitrogen and oxygen atoms in total. The maximum absolute atomic E-state index is 10.5. The molecule has 0 amide bonds. The molecule has 0 radical (unpaired) electrons. The van der Waals surface area contributed by atoms with Crippen molar-refractivity contribution in [3.05, 3.63) is 29.3 Å². The molecule has 3 unspecified atom stereocenters. The highest BCUT2D eigenvalue weighted by molar-refractivity contribution is 5.39. The number of benzene rings is 1. The van der Waals surface area contributed by atoms with Crippen LogP contribution in [-0.4, -0.2) is 37.6 Å². The summed E-state index contributed by atoms with van der Waals surface area (Å²) in [6.07, 6.45) is 3.46. The van der Waals surface area contributed by atoms with Crippen LogP contribution in [-0.2, 0) is 15.9 Å². The Labute approximate surface area is 119 Å². The van der Waals surface area contributed by atoms with Gasteiger partial charge in [-0.05, 0) is 48.9 Å². The summed E-state index contributed by atoms with van der Waals surface area (Å²) in [5.41, 5.74) is 2.13. The average Bonchev–Trinajstić information content (AvgIpc) is 3.00. The second kappa shape index (κ2) is 6.12. The summed E-state index contributed by atoms with van der Waals surface area (Å²) in [6, 6.07) is 5.90. The van der Waals surface area contributed by atoms with Crippen LogP contribution in [0.25, 0.3) is 0 Å². The molecule has 110 valence electrons. The predicted molar refractivity (Wildman–Crippen MR) is 75.0 cm³/mol. The zero-order valence-electron chi connectivity index (χ0n) is 11.9. The Morgan fingerprint density at radius 1 is 1.35 bits per heavy atom. The van der Waals surface area contributed by atoms with Gasteiger partial charge in [-0.1, -0.05) is 6.07 Å². The van der Waals surface area contributed by atoms with Crippen molar-refractivity contribution in [2.45, 2.75) is 44.0 Å². The van der Waals surface area contributed by atoms with Crippen LogP contribution >= 0.6 is 0 Å². The van der Waals surface area contributed by atoms with Crippen molar-refractivity contribution in [2.24, 2.45) is 0 Å². The summed E-state index contributed by atoms with van der Waals surface area (Å²) in [4.78, 5) is 0. The van der Waals surface area contributed by atoms with E-state index in [-0.39, 0.29) is 12.2 Å². The molecule has 1 N–H and O–H groups in total. The lowest BCUT2D eigenvalue weighted by Gasteiger charge is -2.31. The van der Waals surface area contributed by atoms with Crippen molar-refractivity contribution in [1.29, 1.82) is 0 Å². The molecule has 3 rings (SSSR count). The third-order valence-corrected chi connectivity index (χ3v) is 4.24. The summed E-state index contributed by atoms with van der Waals surface area (Å²) in [7, 11) is 1.64. The van der Waals surface area contributed by atoms with E-state index in [0.29, 0.717) is 6.61 Å². The third-order valence-electron chi connectivity index (χ3n) is 4.24. The van der Waals surface area contributed by atoms with E-state index >= 15 is 0 Å². The van der Waals surface area contributed by atoms with Crippen molar-refractivity contribution >= 4 is 0 Å². The van der Waals surface area contributed by atoms with Crippen LogP contribution in [0.1, 0.15) is 36.5 Å². The van der Waals surface area contributed by atoms with Gasteiger partial charge in [0.25, 0.3) is 0 Å². The van der Waals surface area contributed by atoms with E-state index in [1.807, 2.05) is 18.2 Å². The third kappa shape index (κ3) is 2.82. The van der Waals surface area contributed by atoms with Gasteiger partial charge in [-0.15, -0.1) is 0 Å². The van der Waals surface area contributed by atoms with Gasteiger partial charge in [0.2, 0.25) is 0 Å². The van der Waals surface area contributed by atoms with E-state index in [1.165, 1.54) is 5.56 Å². The first kappa shape index (κ1) is 13.9. The maximum Gasteiger partial charge on any atom is 0.119 e. The molecule has 0 aromatic heterocycles. The molecule has 3 atom stereocenters. The van der Waals surface area contributed by atoms with Gasteiger partial charge in [-0.25, -0.2) is 0 Å². The van der Waals surface area contributed by atoms with Crippen LogP contribution < -0.4 is 4.74 Å². The molecular weight excluding hydrogens is 256 g/mol. The molecular formula is C16H22O4. The van der Waals surface area contributed by atoms with Gasteiger partial charge < -0.3 is 19.3 Å². The number of fused-ring (bicyclic) bond motifs is 1. The number of hydrogen-bond acceptors (Lipinski definition) is 4. The molecule has 20 heavy (non-hydrogen) atoms. The largest absolute Gasteiger partial charge is 0.497 e. The van der Waals surface area contributed by atoms with Gasteiger partial charge >= 0.3 is 0 Å². The first-order chi connectivity index (χ1) is 9.78. The zero-order chi connectivity index (χ0) is 13.9. The Balaban J connectivity index is 1.66. The van der Waals surface area contributed by atoms with Crippen LogP contribution in [0.4, 0.5) is 0 Å². The minimum atomic E-state index is -0.574. The van der Waals surface area contributed by atoms with Crippen molar-refractivity contribution in [2.75, 3.05) is 20.3 Å². The molecule has 0 bridgehead atoms. The van der Waals surface area contributed by atoms with E-state index in [9.17, 15) is 5.11 Å². The van der Waals surface area contributed by atoms with Gasteiger partial charge in [-0.2, -0.15) is 0 Å². The van der Waals surface area contributed by atoms with Crippen LogP contribution in [0.3, 0.4) is 0 Å². The zero-order valence-corrected chi connectivity index (χ0v) is 11.9. The van der Waals surface area contributed by atoms with Crippen molar-refractivity contribution in [1.82, 2.24) is 0 Å². The fourth-order valence-corrected chi connectivity index (χ4v) is 3.04. The summed E-state index contributed by atoms with van der Waals surface area (Å²) in [5.74, 6) is 0.780. The number of rotatable bonds is 4. The second-order valence-electron chi connectivity index (χ2n) is 5.56. The fourth-order valence-electron chi connectivity index (χ4n) is 3.04. The highest BCUT2D eigenvalue weighted by atomic mass is 16.5. The lowest BCUT2D eigenvalue weighted by atomic mass is 9.87. The first-order valence-electron chi connectivity index (χ1n) is 7.36. The molecule has 1 heterocycles. The topological polar surface area (TPSA) is 47.9 Å². The molecule has 1 saturated heterocycles. The molecule has 1 fully saturated rings. The Morgan fingerprint density at radius 2 is 2.25 bits per heavy atom. The minimum absolute atomic E-state index is 0.140. The van der Waals surface area contributed by atoms with Gasteiger partial charge in [-0.3, -0.25) is 0 Å². The molecule has 1 aromatic rings. The molecule has 1 aliphatic heterocycles. The molecule has 4 heteroatoms. The van der Waals surface area contributed by atoms with Crippen molar-refractivity contribution in [3.63, 3.8) is 0 Å². The lowest BCUT2D eigenvalue weighted by Crippen LogP contribution is -2.31. The lowest BCUT2D eigenvalue weighted by molar-refractivity contribution is -0.0787. The van der Waals surface area contributed by atoms with E-state index in [1.54, 1.807) is 7.11 Å². The number of aliphatic hydroxyl groups is 1. The normalized spacial score (nSPS) is 29.2. The first-order valence-corrected chi connectivity index (χ1v) is 7.36. The second-order valence-corrected chi connectivity index (χ2v) is 5.56. The fraction of sp³-hybridized carbons (Fsp3) is 0.625. The van der Waals surface area contributed by atoms with Crippen LogP contribution in [0.5, 0.6) is 5.75 Å².